The molecule has 0 bridgehead atoms. The van der Waals surface area contributed by atoms with Gasteiger partial charge in [0.1, 0.15) is 17.6 Å². The summed E-state index contributed by atoms with van der Waals surface area (Å²) < 4.78 is 56.7. The molecule has 0 spiro atoms. The minimum Gasteiger partial charge on any atom is -0.493 e. The molecule has 0 unspecified atom stereocenters. The van der Waals surface area contributed by atoms with E-state index in [-0.39, 0.29) is 18.1 Å². The predicted octanol–water partition coefficient (Wildman–Crippen LogP) is 6.45. The van der Waals surface area contributed by atoms with Gasteiger partial charge in [-0.2, -0.15) is 13.2 Å². The highest BCUT2D eigenvalue weighted by Crippen LogP contribution is 2.37. The second-order valence-corrected chi connectivity index (χ2v) is 7.99. The molecule has 0 aliphatic carbocycles. The van der Waals surface area contributed by atoms with Gasteiger partial charge in [-0.15, -0.1) is 0 Å². The molecule has 0 fully saturated rings. The highest BCUT2D eigenvalue weighted by Gasteiger charge is 2.32. The van der Waals surface area contributed by atoms with E-state index in [4.69, 9.17) is 19.3 Å². The summed E-state index contributed by atoms with van der Waals surface area (Å²) in [7, 11) is 0. The molecule has 6 nitrogen and oxygen atoms in total. The van der Waals surface area contributed by atoms with E-state index < -0.39 is 23.8 Å². The first-order valence-electron chi connectivity index (χ1n) is 11.0. The van der Waals surface area contributed by atoms with Gasteiger partial charge in [0, 0.05) is 25.1 Å². The normalized spacial score (nSPS) is 12.1. The Morgan fingerprint density at radius 3 is 2.49 bits per heavy atom. The lowest BCUT2D eigenvalue weighted by Crippen LogP contribution is -2.17. The van der Waals surface area contributed by atoms with E-state index in [9.17, 15) is 18.0 Å². The summed E-state index contributed by atoms with van der Waals surface area (Å²) in [4.78, 5) is 14.6. The highest BCUT2D eigenvalue weighted by atomic mass is 19.4. The number of benzene rings is 2. The van der Waals surface area contributed by atoms with Crippen molar-refractivity contribution in [3.05, 3.63) is 77.5 Å². The smallest absolute Gasteiger partial charge is 0.418 e. The number of carbonyl (C=O) groups is 1. The van der Waals surface area contributed by atoms with Gasteiger partial charge >= 0.3 is 12.1 Å². The van der Waals surface area contributed by atoms with Crippen LogP contribution in [0.5, 0.6) is 23.1 Å². The minimum absolute atomic E-state index is 0.0482. The SMILES string of the molecule is Cc1cc(OCC[C@@H](C)Oc2ncc(C(F)(F)F)cc2Oc2ccccc2)ccc1CCC(=O)O. The molecule has 0 saturated heterocycles. The highest BCUT2D eigenvalue weighted by molar-refractivity contribution is 5.67. The predicted molar refractivity (Wildman–Crippen MR) is 123 cm³/mol. The first-order valence-corrected chi connectivity index (χ1v) is 11.0. The lowest BCUT2D eigenvalue weighted by Gasteiger charge is -2.18. The average Bonchev–Trinajstić information content (AvgIpc) is 2.79. The molecule has 1 aromatic heterocycles. The van der Waals surface area contributed by atoms with Gasteiger partial charge in [0.15, 0.2) is 5.75 Å². The summed E-state index contributed by atoms with van der Waals surface area (Å²) in [5.41, 5.74) is 0.939. The van der Waals surface area contributed by atoms with E-state index >= 15 is 0 Å². The number of aliphatic carboxylic acids is 1. The fourth-order valence-corrected chi connectivity index (χ4v) is 3.24. The van der Waals surface area contributed by atoms with Gasteiger partial charge in [0.05, 0.1) is 12.2 Å². The molecule has 9 heteroatoms. The summed E-state index contributed by atoms with van der Waals surface area (Å²) in [6.45, 7) is 3.94. The number of aryl methyl sites for hydroxylation is 2. The van der Waals surface area contributed by atoms with Crippen LogP contribution < -0.4 is 14.2 Å². The summed E-state index contributed by atoms with van der Waals surface area (Å²) in [5.74, 6) is -0.0379. The Hall–Kier alpha value is -3.75. The number of halogens is 3. The molecule has 0 radical (unpaired) electrons. The van der Waals surface area contributed by atoms with E-state index in [1.165, 1.54) is 0 Å². The third-order valence-electron chi connectivity index (χ3n) is 5.14. The molecule has 0 saturated carbocycles. The summed E-state index contributed by atoms with van der Waals surface area (Å²) in [5, 5.41) is 8.84. The van der Waals surface area contributed by atoms with E-state index in [1.807, 2.05) is 19.1 Å². The molecule has 0 aliphatic heterocycles. The quantitative estimate of drug-likeness (QED) is 0.333. The molecule has 0 amide bonds. The molecule has 1 N–H and O–H groups in total. The van der Waals surface area contributed by atoms with Crippen molar-refractivity contribution >= 4 is 5.97 Å². The van der Waals surface area contributed by atoms with Crippen LogP contribution in [0.1, 0.15) is 36.5 Å². The topological polar surface area (TPSA) is 77.9 Å². The zero-order valence-electron chi connectivity index (χ0n) is 19.3. The Bertz CT molecular complexity index is 1140. The van der Waals surface area contributed by atoms with E-state index in [0.717, 1.165) is 17.2 Å². The third-order valence-corrected chi connectivity index (χ3v) is 5.14. The Morgan fingerprint density at radius 2 is 1.83 bits per heavy atom. The summed E-state index contributed by atoms with van der Waals surface area (Å²) in [6, 6.07) is 14.7. The molecular formula is C26H26F3NO5. The van der Waals surface area contributed by atoms with E-state index in [1.54, 1.807) is 43.3 Å². The maximum absolute atomic E-state index is 13.2. The molecule has 1 heterocycles. The lowest BCUT2D eigenvalue weighted by molar-refractivity contribution is -0.138. The molecule has 3 aromatic rings. The third kappa shape index (κ3) is 7.91. The number of ether oxygens (including phenoxy) is 3. The van der Waals surface area contributed by atoms with Crippen LogP contribution in [-0.4, -0.2) is 28.8 Å². The molecule has 35 heavy (non-hydrogen) atoms. The maximum atomic E-state index is 13.2. The lowest BCUT2D eigenvalue weighted by atomic mass is 10.0. The second kappa shape index (κ2) is 11.6. The van der Waals surface area contributed by atoms with Crippen LogP contribution in [0.15, 0.2) is 60.8 Å². The van der Waals surface area contributed by atoms with Gasteiger partial charge in [-0.3, -0.25) is 4.79 Å². The van der Waals surface area contributed by atoms with Gasteiger partial charge in [0.2, 0.25) is 0 Å². The van der Waals surface area contributed by atoms with Gasteiger partial charge in [-0.1, -0.05) is 24.3 Å². The van der Waals surface area contributed by atoms with Crippen molar-refractivity contribution in [1.29, 1.82) is 0 Å². The summed E-state index contributed by atoms with van der Waals surface area (Å²) >= 11 is 0. The first-order chi connectivity index (χ1) is 16.6. The number of alkyl halides is 3. The number of para-hydroxylation sites is 1. The van der Waals surface area contributed by atoms with Gasteiger partial charge in [-0.25, -0.2) is 4.98 Å². The largest absolute Gasteiger partial charge is 0.493 e. The average molecular weight is 489 g/mol. The van der Waals surface area contributed by atoms with Crippen LogP contribution >= 0.6 is 0 Å². The number of pyridine rings is 1. The Balaban J connectivity index is 1.61. The van der Waals surface area contributed by atoms with Crippen LogP contribution in [-0.2, 0) is 17.4 Å². The van der Waals surface area contributed by atoms with Crippen LogP contribution in [0.25, 0.3) is 0 Å². The number of carboxylic acid groups (broad SMARTS) is 1. The zero-order chi connectivity index (χ0) is 25.4. The van der Waals surface area contributed by atoms with Crippen LogP contribution in [0.3, 0.4) is 0 Å². The van der Waals surface area contributed by atoms with Gasteiger partial charge in [0.25, 0.3) is 5.88 Å². The number of carboxylic acids is 1. The van der Waals surface area contributed by atoms with Crippen molar-refractivity contribution in [2.24, 2.45) is 0 Å². The molecule has 2 aromatic carbocycles. The molecule has 0 aliphatic rings. The minimum atomic E-state index is -4.57. The Labute approximate surface area is 201 Å². The summed E-state index contributed by atoms with van der Waals surface area (Å²) in [6.07, 6.45) is -3.34. The van der Waals surface area contributed by atoms with Crippen molar-refractivity contribution in [3.63, 3.8) is 0 Å². The van der Waals surface area contributed by atoms with Crippen molar-refractivity contribution in [1.82, 2.24) is 4.98 Å². The number of hydrogen-bond acceptors (Lipinski definition) is 5. The standard InChI is InChI=1S/C26H26F3NO5/c1-17-14-22(10-8-19(17)9-11-24(31)32)33-13-12-18(2)34-25-23(35-21-6-4-3-5-7-21)15-20(16-30-25)26(27,28)29/h3-8,10,14-16,18H,9,11-13H2,1-2H3,(H,31,32)/t18-/m1/s1. The second-order valence-electron chi connectivity index (χ2n) is 7.99. The van der Waals surface area contributed by atoms with Crippen molar-refractivity contribution in [2.45, 2.75) is 45.4 Å². The van der Waals surface area contributed by atoms with E-state index in [0.29, 0.717) is 37.1 Å². The van der Waals surface area contributed by atoms with Crippen LogP contribution in [0.4, 0.5) is 13.2 Å². The van der Waals surface area contributed by atoms with Gasteiger partial charge < -0.3 is 19.3 Å². The number of nitrogens with zero attached hydrogens (tertiary/aromatic N) is 1. The number of rotatable bonds is 11. The first kappa shape index (κ1) is 25.9. The fraction of sp³-hybridized carbons (Fsp3) is 0.308. The number of hydrogen-bond donors (Lipinski definition) is 1. The zero-order valence-corrected chi connectivity index (χ0v) is 19.3. The molecule has 1 atom stereocenters. The Morgan fingerprint density at radius 1 is 1.09 bits per heavy atom. The molecular weight excluding hydrogens is 463 g/mol. The number of aromatic nitrogens is 1. The monoisotopic (exact) mass is 489 g/mol. The van der Waals surface area contributed by atoms with E-state index in [2.05, 4.69) is 4.98 Å². The van der Waals surface area contributed by atoms with Gasteiger partial charge in [-0.05, 0) is 55.7 Å². The van der Waals surface area contributed by atoms with Crippen molar-refractivity contribution in [3.8, 4) is 23.1 Å². The Kier molecular flexibility index (Phi) is 8.57. The molecule has 186 valence electrons. The maximum Gasteiger partial charge on any atom is 0.418 e. The van der Waals surface area contributed by atoms with Crippen LogP contribution in [0.2, 0.25) is 0 Å². The van der Waals surface area contributed by atoms with Crippen molar-refractivity contribution in [2.75, 3.05) is 6.61 Å². The fourth-order valence-electron chi connectivity index (χ4n) is 3.24. The molecule has 3 rings (SSSR count). The van der Waals surface area contributed by atoms with Crippen LogP contribution in [0, 0.1) is 6.92 Å². The van der Waals surface area contributed by atoms with Crippen molar-refractivity contribution < 1.29 is 37.3 Å².